The topological polar surface area (TPSA) is 68.8 Å². The minimum atomic E-state index is -0.0553. The van der Waals surface area contributed by atoms with Gasteiger partial charge >= 0.3 is 0 Å². The predicted octanol–water partition coefficient (Wildman–Crippen LogP) is 3.61. The summed E-state index contributed by atoms with van der Waals surface area (Å²) in [5, 5.41) is 6.26. The Labute approximate surface area is 163 Å². The van der Waals surface area contributed by atoms with E-state index < -0.39 is 0 Å². The summed E-state index contributed by atoms with van der Waals surface area (Å²) in [7, 11) is 3.17. The third kappa shape index (κ3) is 7.03. The van der Waals surface area contributed by atoms with Gasteiger partial charge in [-0.05, 0) is 37.8 Å². The molecule has 1 fully saturated rings. The Balaban J connectivity index is 1.69. The molecule has 3 unspecified atom stereocenters. The molecule has 0 aromatic heterocycles. The normalized spacial score (nSPS) is 20.7. The van der Waals surface area contributed by atoms with Crippen LogP contribution >= 0.6 is 0 Å². The molecule has 0 spiro atoms. The van der Waals surface area contributed by atoms with Crippen molar-refractivity contribution < 1.29 is 19.0 Å². The highest BCUT2D eigenvalue weighted by atomic mass is 16.5. The number of carbonyl (C=O) groups is 1. The number of rotatable bonds is 10. The summed E-state index contributed by atoms with van der Waals surface area (Å²) in [4.78, 5) is 12.3. The van der Waals surface area contributed by atoms with E-state index in [1.165, 1.54) is 25.7 Å². The maximum absolute atomic E-state index is 12.3. The van der Waals surface area contributed by atoms with Crippen molar-refractivity contribution in [2.45, 2.75) is 58.1 Å². The Morgan fingerprint density at radius 3 is 2.70 bits per heavy atom. The van der Waals surface area contributed by atoms with E-state index in [9.17, 15) is 4.79 Å². The van der Waals surface area contributed by atoms with Gasteiger partial charge in [-0.15, -0.1) is 0 Å². The van der Waals surface area contributed by atoms with Crippen LogP contribution in [0, 0.1) is 5.92 Å². The molecule has 6 nitrogen and oxygen atoms in total. The van der Waals surface area contributed by atoms with Gasteiger partial charge in [0.2, 0.25) is 5.91 Å². The molecule has 2 rings (SSSR count). The average Bonchev–Trinajstić information content (AvgIpc) is 2.66. The highest BCUT2D eigenvalue weighted by molar-refractivity contribution is 5.92. The van der Waals surface area contributed by atoms with E-state index in [1.54, 1.807) is 32.4 Å². The van der Waals surface area contributed by atoms with Crippen molar-refractivity contribution in [2.75, 3.05) is 32.7 Å². The summed E-state index contributed by atoms with van der Waals surface area (Å²) >= 11 is 0. The second-order valence-electron chi connectivity index (χ2n) is 7.34. The molecule has 152 valence electrons. The summed E-state index contributed by atoms with van der Waals surface area (Å²) < 4.78 is 16.5. The summed E-state index contributed by atoms with van der Waals surface area (Å²) in [6.07, 6.45) is 5.81. The first-order valence-electron chi connectivity index (χ1n) is 9.90. The van der Waals surface area contributed by atoms with Crippen molar-refractivity contribution in [1.82, 2.24) is 5.32 Å². The van der Waals surface area contributed by atoms with E-state index in [1.807, 2.05) is 6.92 Å². The highest BCUT2D eigenvalue weighted by Gasteiger charge is 2.21. The van der Waals surface area contributed by atoms with Crippen molar-refractivity contribution in [3.8, 4) is 11.5 Å². The van der Waals surface area contributed by atoms with E-state index >= 15 is 0 Å². The summed E-state index contributed by atoms with van der Waals surface area (Å²) in [5.41, 5.74) is 0.644. The van der Waals surface area contributed by atoms with Crippen LogP contribution in [0.4, 0.5) is 5.69 Å². The molecular formula is C21H34N2O4. The number of methoxy groups -OCH3 is 2. The molecule has 0 saturated heterocycles. The number of anilines is 1. The van der Waals surface area contributed by atoms with Gasteiger partial charge in [-0.25, -0.2) is 0 Å². The largest absolute Gasteiger partial charge is 0.497 e. The van der Waals surface area contributed by atoms with Crippen LogP contribution in [0.25, 0.3) is 0 Å². The lowest BCUT2D eigenvalue weighted by Gasteiger charge is -2.29. The summed E-state index contributed by atoms with van der Waals surface area (Å²) in [5.74, 6) is 1.87. The molecule has 0 bridgehead atoms. The first-order valence-corrected chi connectivity index (χ1v) is 9.90. The number of hydrogen-bond donors (Lipinski definition) is 2. The van der Waals surface area contributed by atoms with E-state index in [-0.39, 0.29) is 11.9 Å². The van der Waals surface area contributed by atoms with Crippen molar-refractivity contribution in [3.05, 3.63) is 18.2 Å². The fourth-order valence-electron chi connectivity index (χ4n) is 3.50. The zero-order valence-electron chi connectivity index (χ0n) is 17.0. The number of nitrogens with one attached hydrogen (secondary N) is 2. The van der Waals surface area contributed by atoms with Crippen LogP contribution in [0.5, 0.6) is 11.5 Å². The molecule has 27 heavy (non-hydrogen) atoms. The Kier molecular flexibility index (Phi) is 8.88. The van der Waals surface area contributed by atoms with E-state index in [2.05, 4.69) is 17.6 Å². The van der Waals surface area contributed by atoms with Crippen LogP contribution < -0.4 is 20.1 Å². The molecule has 0 heterocycles. The Morgan fingerprint density at radius 1 is 1.22 bits per heavy atom. The van der Waals surface area contributed by atoms with Crippen LogP contribution in [0.1, 0.15) is 46.0 Å². The molecule has 0 aliphatic heterocycles. The molecule has 3 atom stereocenters. The van der Waals surface area contributed by atoms with Gasteiger partial charge < -0.3 is 24.8 Å². The number of ether oxygens (including phenoxy) is 3. The van der Waals surface area contributed by atoms with Gasteiger partial charge in [-0.2, -0.15) is 0 Å². The quantitative estimate of drug-likeness (QED) is 0.609. The zero-order chi connectivity index (χ0) is 19.6. The third-order valence-electron chi connectivity index (χ3n) is 5.13. The van der Waals surface area contributed by atoms with Crippen LogP contribution in [0.2, 0.25) is 0 Å². The first kappa shape index (κ1) is 21.5. The van der Waals surface area contributed by atoms with Gasteiger partial charge in [0.15, 0.2) is 0 Å². The van der Waals surface area contributed by atoms with Gasteiger partial charge in [0.25, 0.3) is 0 Å². The monoisotopic (exact) mass is 378 g/mol. The molecular weight excluding hydrogens is 344 g/mol. The lowest BCUT2D eigenvalue weighted by Crippen LogP contribution is -2.35. The molecule has 1 aromatic rings. The van der Waals surface area contributed by atoms with Crippen LogP contribution in [-0.2, 0) is 9.53 Å². The average molecular weight is 379 g/mol. The lowest BCUT2D eigenvalue weighted by molar-refractivity contribution is -0.116. The second-order valence-corrected chi connectivity index (χ2v) is 7.34. The summed E-state index contributed by atoms with van der Waals surface area (Å²) in [6, 6.07) is 5.40. The molecule has 1 saturated carbocycles. The zero-order valence-corrected chi connectivity index (χ0v) is 17.0. The smallest absolute Gasteiger partial charge is 0.226 e. The molecule has 1 aromatic carbocycles. The van der Waals surface area contributed by atoms with Crippen molar-refractivity contribution >= 4 is 11.6 Å². The number of benzene rings is 1. The van der Waals surface area contributed by atoms with Gasteiger partial charge in [0.05, 0.1) is 32.6 Å². The van der Waals surface area contributed by atoms with Crippen LogP contribution in [0.15, 0.2) is 18.2 Å². The Bertz CT molecular complexity index is 594. The van der Waals surface area contributed by atoms with Crippen molar-refractivity contribution in [3.63, 3.8) is 0 Å². The van der Waals surface area contributed by atoms with E-state index in [0.29, 0.717) is 42.2 Å². The maximum Gasteiger partial charge on any atom is 0.226 e. The fourth-order valence-corrected chi connectivity index (χ4v) is 3.50. The first-order chi connectivity index (χ1) is 13.0. The highest BCUT2D eigenvalue weighted by Crippen LogP contribution is 2.29. The van der Waals surface area contributed by atoms with E-state index in [4.69, 9.17) is 14.2 Å². The van der Waals surface area contributed by atoms with Crippen LogP contribution in [0.3, 0.4) is 0 Å². The second kappa shape index (κ2) is 11.1. The number of amides is 1. The van der Waals surface area contributed by atoms with Gasteiger partial charge in [0, 0.05) is 25.1 Å². The summed E-state index contributed by atoms with van der Waals surface area (Å²) in [6.45, 7) is 5.72. The van der Waals surface area contributed by atoms with Gasteiger partial charge in [-0.1, -0.05) is 19.8 Å². The molecule has 2 N–H and O–H groups in total. The van der Waals surface area contributed by atoms with Gasteiger partial charge in [0.1, 0.15) is 11.5 Å². The number of carbonyl (C=O) groups excluding carboxylic acids is 1. The van der Waals surface area contributed by atoms with E-state index in [0.717, 1.165) is 6.54 Å². The number of hydrogen-bond acceptors (Lipinski definition) is 5. The van der Waals surface area contributed by atoms with Crippen molar-refractivity contribution in [1.29, 1.82) is 0 Å². The fraction of sp³-hybridized carbons (Fsp3) is 0.667. The Morgan fingerprint density at radius 2 is 2.00 bits per heavy atom. The molecule has 0 radical (unpaired) electrons. The Hall–Kier alpha value is -1.79. The SMILES string of the molecule is COc1ccc(NC(=O)CC(C)NCCOC2CCCCC2C)c(OC)c1. The van der Waals surface area contributed by atoms with Crippen LogP contribution in [-0.4, -0.2) is 45.4 Å². The predicted molar refractivity (Wildman–Crippen MR) is 108 cm³/mol. The maximum atomic E-state index is 12.3. The minimum Gasteiger partial charge on any atom is -0.497 e. The lowest BCUT2D eigenvalue weighted by atomic mass is 9.88. The molecule has 6 heteroatoms. The van der Waals surface area contributed by atoms with Crippen molar-refractivity contribution in [2.24, 2.45) is 5.92 Å². The molecule has 1 amide bonds. The van der Waals surface area contributed by atoms with Gasteiger partial charge in [-0.3, -0.25) is 4.79 Å². The standard InChI is InChI=1S/C21H34N2O4/c1-15-7-5-6-8-19(15)27-12-11-22-16(2)13-21(24)23-18-10-9-17(25-3)14-20(18)26-4/h9-10,14-16,19,22H,5-8,11-13H2,1-4H3,(H,23,24). The minimum absolute atomic E-state index is 0.0553. The third-order valence-corrected chi connectivity index (χ3v) is 5.13. The molecule has 1 aliphatic rings. The molecule has 1 aliphatic carbocycles.